The maximum Gasteiger partial charge on any atom is 0.259 e. The lowest BCUT2D eigenvalue weighted by molar-refractivity contribution is 0.0267. The molecule has 2 saturated heterocycles. The van der Waals surface area contributed by atoms with Gasteiger partial charge in [-0.05, 0) is 31.7 Å². The van der Waals surface area contributed by atoms with Crippen molar-refractivity contribution in [3.8, 4) is 0 Å². The first-order valence-corrected chi connectivity index (χ1v) is 5.85. The second-order valence-corrected chi connectivity index (χ2v) is 5.13. The third-order valence-electron chi connectivity index (χ3n) is 4.49. The van der Waals surface area contributed by atoms with Crippen LogP contribution in [0.15, 0.2) is 0 Å². The smallest absolute Gasteiger partial charge is 0.259 e. The number of hydrogen-bond acceptors (Lipinski definition) is 2. The molecule has 0 aromatic carbocycles. The quantitative estimate of drug-likeness (QED) is 0.773. The van der Waals surface area contributed by atoms with Crippen molar-refractivity contribution in [1.29, 1.82) is 0 Å². The average Bonchev–Trinajstić information content (AvgIpc) is 2.60. The minimum atomic E-state index is -2.42. The van der Waals surface area contributed by atoms with Crippen LogP contribution < -0.4 is 5.32 Å². The number of nitrogens with one attached hydrogen (secondary N) is 1. The number of ether oxygens (including phenoxy) is 1. The zero-order valence-corrected chi connectivity index (χ0v) is 9.99. The Balaban J connectivity index is 0.000000963. The van der Waals surface area contributed by atoms with Gasteiger partial charge in [-0.3, -0.25) is 0 Å². The Labute approximate surface area is 101 Å². The molecule has 2 nitrogen and oxygen atoms in total. The van der Waals surface area contributed by atoms with Crippen molar-refractivity contribution < 1.29 is 13.5 Å². The highest BCUT2D eigenvalue weighted by atomic mass is 35.5. The highest BCUT2D eigenvalue weighted by Gasteiger charge is 2.81. The Bertz CT molecular complexity index is 263. The van der Waals surface area contributed by atoms with Gasteiger partial charge in [-0.25, -0.2) is 8.78 Å². The second kappa shape index (κ2) is 4.07. The third-order valence-corrected chi connectivity index (χ3v) is 4.49. The predicted molar refractivity (Wildman–Crippen MR) is 59.1 cm³/mol. The standard InChI is InChI=1S/C11H17F2NO.ClH/c12-11(13)9(8-1-5-15-6-2-8)10(11)3-4-14-7-10;/h8-9,14H,1-7H2;1H. The lowest BCUT2D eigenvalue weighted by Crippen LogP contribution is -2.21. The number of halogens is 3. The van der Waals surface area contributed by atoms with Gasteiger partial charge in [0.25, 0.3) is 5.92 Å². The fourth-order valence-electron chi connectivity index (χ4n) is 3.60. The SMILES string of the molecule is Cl.FC1(F)C(C2CCOCC2)C12CCNC2. The largest absolute Gasteiger partial charge is 0.381 e. The van der Waals surface area contributed by atoms with Gasteiger partial charge in [0, 0.05) is 25.7 Å². The van der Waals surface area contributed by atoms with Crippen molar-refractivity contribution in [1.82, 2.24) is 5.32 Å². The van der Waals surface area contributed by atoms with E-state index in [1.165, 1.54) is 0 Å². The summed E-state index contributed by atoms with van der Waals surface area (Å²) >= 11 is 0. The number of hydrogen-bond donors (Lipinski definition) is 1. The molecule has 2 atom stereocenters. The van der Waals surface area contributed by atoms with E-state index in [0.29, 0.717) is 26.2 Å². The summed E-state index contributed by atoms with van der Waals surface area (Å²) in [6, 6.07) is 0. The molecule has 3 fully saturated rings. The van der Waals surface area contributed by atoms with Crippen LogP contribution in [0.25, 0.3) is 0 Å². The fourth-order valence-corrected chi connectivity index (χ4v) is 3.60. The van der Waals surface area contributed by atoms with Gasteiger partial charge in [0.15, 0.2) is 0 Å². The highest BCUT2D eigenvalue weighted by molar-refractivity contribution is 5.85. The Kier molecular flexibility index (Phi) is 3.19. The summed E-state index contributed by atoms with van der Waals surface area (Å²) < 4.78 is 33.0. The van der Waals surface area contributed by atoms with Crippen molar-refractivity contribution in [2.75, 3.05) is 26.3 Å². The molecular formula is C11H18ClF2NO. The molecule has 3 aliphatic rings. The first-order chi connectivity index (χ1) is 7.18. The number of alkyl halides is 2. The summed E-state index contributed by atoms with van der Waals surface area (Å²) in [6.07, 6.45) is 2.30. The van der Waals surface area contributed by atoms with Crippen LogP contribution in [-0.4, -0.2) is 32.2 Å². The summed E-state index contributed by atoms with van der Waals surface area (Å²) in [4.78, 5) is 0. The molecule has 1 N–H and O–H groups in total. The molecule has 5 heteroatoms. The van der Waals surface area contributed by atoms with Crippen LogP contribution >= 0.6 is 12.4 Å². The summed E-state index contributed by atoms with van der Waals surface area (Å²) in [5, 5.41) is 3.09. The lowest BCUT2D eigenvalue weighted by Gasteiger charge is -2.22. The maximum atomic E-state index is 13.9. The van der Waals surface area contributed by atoms with Gasteiger partial charge in [-0.1, -0.05) is 0 Å². The zero-order chi connectivity index (χ0) is 10.5. The molecule has 3 rings (SSSR count). The first kappa shape index (κ1) is 12.5. The van der Waals surface area contributed by atoms with Crippen LogP contribution in [0.1, 0.15) is 19.3 Å². The molecule has 0 aromatic rings. The molecule has 0 amide bonds. The molecule has 2 aliphatic heterocycles. The zero-order valence-electron chi connectivity index (χ0n) is 9.18. The first-order valence-electron chi connectivity index (χ1n) is 5.85. The topological polar surface area (TPSA) is 21.3 Å². The molecular weight excluding hydrogens is 236 g/mol. The summed E-state index contributed by atoms with van der Waals surface area (Å²) in [5.41, 5.74) is -0.686. The van der Waals surface area contributed by atoms with Gasteiger partial charge in [0.1, 0.15) is 0 Å². The minimum absolute atomic E-state index is 0. The van der Waals surface area contributed by atoms with E-state index >= 15 is 0 Å². The summed E-state index contributed by atoms with van der Waals surface area (Å²) in [6.45, 7) is 2.61. The molecule has 0 aromatic heterocycles. The normalized spacial score (nSPS) is 42.0. The van der Waals surface area contributed by atoms with Crippen molar-refractivity contribution >= 4 is 12.4 Å². The maximum absolute atomic E-state index is 13.9. The molecule has 1 saturated carbocycles. The predicted octanol–water partition coefficient (Wildman–Crippen LogP) is 2.08. The molecule has 16 heavy (non-hydrogen) atoms. The van der Waals surface area contributed by atoms with E-state index in [2.05, 4.69) is 5.32 Å². The van der Waals surface area contributed by atoms with E-state index in [9.17, 15) is 8.78 Å². The van der Waals surface area contributed by atoms with Crippen LogP contribution in [0.2, 0.25) is 0 Å². The lowest BCUT2D eigenvalue weighted by atomic mass is 9.88. The van der Waals surface area contributed by atoms with Crippen LogP contribution in [0, 0.1) is 17.3 Å². The van der Waals surface area contributed by atoms with Gasteiger partial charge in [0.05, 0.1) is 5.41 Å². The molecule has 1 aliphatic carbocycles. The van der Waals surface area contributed by atoms with E-state index in [0.717, 1.165) is 19.4 Å². The average molecular weight is 254 g/mol. The van der Waals surface area contributed by atoms with Crippen LogP contribution in [-0.2, 0) is 4.74 Å². The molecule has 94 valence electrons. The molecule has 1 spiro atoms. The van der Waals surface area contributed by atoms with Crippen LogP contribution in [0.3, 0.4) is 0 Å². The van der Waals surface area contributed by atoms with Crippen LogP contribution in [0.5, 0.6) is 0 Å². The molecule has 0 radical (unpaired) electrons. The summed E-state index contributed by atoms with van der Waals surface area (Å²) in [7, 11) is 0. The molecule has 0 bridgehead atoms. The monoisotopic (exact) mass is 253 g/mol. The van der Waals surface area contributed by atoms with Crippen molar-refractivity contribution in [3.63, 3.8) is 0 Å². The van der Waals surface area contributed by atoms with E-state index in [4.69, 9.17) is 4.74 Å². The second-order valence-electron chi connectivity index (χ2n) is 5.13. The van der Waals surface area contributed by atoms with E-state index < -0.39 is 11.3 Å². The van der Waals surface area contributed by atoms with Crippen LogP contribution in [0.4, 0.5) is 8.78 Å². The van der Waals surface area contributed by atoms with Crippen molar-refractivity contribution in [2.45, 2.75) is 25.2 Å². The van der Waals surface area contributed by atoms with Gasteiger partial charge in [-0.2, -0.15) is 0 Å². The van der Waals surface area contributed by atoms with Gasteiger partial charge in [0.2, 0.25) is 0 Å². The molecule has 2 unspecified atom stereocenters. The third kappa shape index (κ3) is 1.50. The Hall–Kier alpha value is 0.0700. The van der Waals surface area contributed by atoms with Gasteiger partial charge < -0.3 is 10.1 Å². The highest BCUT2D eigenvalue weighted by Crippen LogP contribution is 2.72. The Morgan fingerprint density at radius 2 is 1.88 bits per heavy atom. The van der Waals surface area contributed by atoms with Crippen molar-refractivity contribution in [3.05, 3.63) is 0 Å². The Morgan fingerprint density at radius 1 is 1.19 bits per heavy atom. The van der Waals surface area contributed by atoms with Gasteiger partial charge >= 0.3 is 0 Å². The fraction of sp³-hybridized carbons (Fsp3) is 1.00. The van der Waals surface area contributed by atoms with E-state index in [-0.39, 0.29) is 24.2 Å². The molecule has 2 heterocycles. The van der Waals surface area contributed by atoms with E-state index in [1.54, 1.807) is 0 Å². The Morgan fingerprint density at radius 3 is 2.44 bits per heavy atom. The number of rotatable bonds is 1. The minimum Gasteiger partial charge on any atom is -0.381 e. The van der Waals surface area contributed by atoms with E-state index in [1.807, 2.05) is 0 Å². The van der Waals surface area contributed by atoms with Gasteiger partial charge in [-0.15, -0.1) is 12.4 Å². The van der Waals surface area contributed by atoms with Crippen molar-refractivity contribution in [2.24, 2.45) is 17.3 Å². The summed E-state index contributed by atoms with van der Waals surface area (Å²) in [5.74, 6) is -2.60.